The molecule has 0 aliphatic carbocycles. The van der Waals surface area contributed by atoms with E-state index in [1.807, 2.05) is 0 Å². The lowest BCUT2D eigenvalue weighted by atomic mass is 10.0. The Labute approximate surface area is 221 Å². The molecule has 0 unspecified atom stereocenters. The van der Waals surface area contributed by atoms with Crippen LogP contribution in [0.4, 0.5) is 4.39 Å². The van der Waals surface area contributed by atoms with Crippen molar-refractivity contribution in [3.8, 4) is 16.9 Å². The van der Waals surface area contributed by atoms with Gasteiger partial charge in [-0.1, -0.05) is 31.9 Å². The summed E-state index contributed by atoms with van der Waals surface area (Å²) in [7, 11) is 0. The number of ether oxygens (including phenoxy) is 3. The van der Waals surface area contributed by atoms with Crippen LogP contribution in [0.2, 0.25) is 0 Å². The Balaban J connectivity index is 2.16. The fourth-order valence-electron chi connectivity index (χ4n) is 3.02. The third-order valence-corrected chi connectivity index (χ3v) is 5.12. The summed E-state index contributed by atoms with van der Waals surface area (Å²) in [6, 6.07) is 10.2. The third-order valence-electron chi connectivity index (χ3n) is 5.12. The third kappa shape index (κ3) is 8.55. The monoisotopic (exact) mass is 523 g/mol. The zero-order valence-corrected chi connectivity index (χ0v) is 21.7. The second kappa shape index (κ2) is 13.7. The minimum atomic E-state index is -0.659. The highest BCUT2D eigenvalue weighted by atomic mass is 19.1. The molecule has 0 radical (unpaired) electrons. The lowest BCUT2D eigenvalue weighted by Crippen LogP contribution is -2.37. The number of carbonyl (C=O) groups is 4. The molecule has 2 aromatic rings. The van der Waals surface area contributed by atoms with Gasteiger partial charge in [0.2, 0.25) is 0 Å². The van der Waals surface area contributed by atoms with Crippen LogP contribution in [0.25, 0.3) is 11.1 Å². The van der Waals surface area contributed by atoms with Gasteiger partial charge in [0, 0.05) is 33.9 Å². The maximum absolute atomic E-state index is 14.7. The van der Waals surface area contributed by atoms with Crippen molar-refractivity contribution in [2.24, 2.45) is 0 Å². The predicted molar refractivity (Wildman–Crippen MR) is 140 cm³/mol. The fraction of sp³-hybridized carbons (Fsp3) is 0.241. The average Bonchev–Trinajstić information content (AvgIpc) is 2.87. The Kier molecular flexibility index (Phi) is 10.7. The van der Waals surface area contributed by atoms with Gasteiger partial charge in [-0.05, 0) is 50.6 Å². The summed E-state index contributed by atoms with van der Waals surface area (Å²) >= 11 is 0. The number of nitrogens with zero attached hydrogens (tertiary/aromatic N) is 1. The Morgan fingerprint density at radius 1 is 0.763 bits per heavy atom. The highest BCUT2D eigenvalue weighted by molar-refractivity contribution is 5.95. The van der Waals surface area contributed by atoms with Gasteiger partial charge in [0.05, 0.1) is 13.1 Å². The van der Waals surface area contributed by atoms with E-state index in [0.29, 0.717) is 11.1 Å². The normalized spacial score (nSPS) is 10.2. The quantitative estimate of drug-likeness (QED) is 0.227. The molecule has 8 nitrogen and oxygen atoms in total. The summed E-state index contributed by atoms with van der Waals surface area (Å²) in [6.45, 7) is 14.9. The maximum Gasteiger partial charge on any atom is 0.338 e. The van der Waals surface area contributed by atoms with Crippen LogP contribution in [-0.4, -0.2) is 55.0 Å². The van der Waals surface area contributed by atoms with Crippen molar-refractivity contribution in [1.29, 1.82) is 0 Å². The standard InChI is InChI=1S/C29H30FNO7/c1-18(2)27(33)36-15-13-31(14-16-37-28(34)19(3)4)26(32)22-9-7-21(8-10-22)24-12-11-23(17-25(24)30)38-29(35)20(5)6/h7-12,17H,1,3,5,13-16H2,2,4,6H3. The minimum Gasteiger partial charge on any atom is -0.460 e. The molecule has 0 spiro atoms. The maximum atomic E-state index is 14.7. The van der Waals surface area contributed by atoms with Crippen molar-refractivity contribution in [3.05, 3.63) is 90.3 Å². The first kappa shape index (κ1) is 29.7. The van der Waals surface area contributed by atoms with E-state index in [4.69, 9.17) is 14.2 Å². The molecule has 38 heavy (non-hydrogen) atoms. The Morgan fingerprint density at radius 3 is 1.71 bits per heavy atom. The zero-order valence-electron chi connectivity index (χ0n) is 21.7. The molecule has 9 heteroatoms. The molecule has 1 amide bonds. The van der Waals surface area contributed by atoms with E-state index < -0.39 is 29.6 Å². The SMILES string of the molecule is C=C(C)C(=O)OCCN(CCOC(=O)C(=C)C)C(=O)c1ccc(-c2ccc(OC(=O)C(=C)C)cc2F)cc1. The molecule has 0 fully saturated rings. The van der Waals surface area contributed by atoms with Gasteiger partial charge in [-0.2, -0.15) is 0 Å². The summed E-state index contributed by atoms with van der Waals surface area (Å²) in [6.07, 6.45) is 0. The summed E-state index contributed by atoms with van der Waals surface area (Å²) in [5.41, 5.74) is 1.67. The number of halogens is 1. The van der Waals surface area contributed by atoms with Crippen molar-refractivity contribution in [2.45, 2.75) is 20.8 Å². The van der Waals surface area contributed by atoms with E-state index in [0.717, 1.165) is 6.07 Å². The van der Waals surface area contributed by atoms with Crippen molar-refractivity contribution < 1.29 is 37.8 Å². The van der Waals surface area contributed by atoms with Crippen LogP contribution in [0.1, 0.15) is 31.1 Å². The largest absolute Gasteiger partial charge is 0.460 e. The number of carbonyl (C=O) groups excluding carboxylic acids is 4. The van der Waals surface area contributed by atoms with Gasteiger partial charge in [0.15, 0.2) is 0 Å². The van der Waals surface area contributed by atoms with Crippen molar-refractivity contribution in [3.63, 3.8) is 0 Å². The molecule has 0 saturated carbocycles. The summed E-state index contributed by atoms with van der Waals surface area (Å²) in [5.74, 6) is -2.81. The molecule has 0 aliphatic heterocycles. The molecular weight excluding hydrogens is 493 g/mol. The van der Waals surface area contributed by atoms with Gasteiger partial charge in [-0.3, -0.25) is 4.79 Å². The number of amides is 1. The summed E-state index contributed by atoms with van der Waals surface area (Å²) in [4.78, 5) is 49.6. The zero-order chi connectivity index (χ0) is 28.4. The van der Waals surface area contributed by atoms with Crippen LogP contribution in [0.5, 0.6) is 5.75 Å². The van der Waals surface area contributed by atoms with Crippen molar-refractivity contribution in [2.75, 3.05) is 26.3 Å². The van der Waals surface area contributed by atoms with Gasteiger partial charge in [0.1, 0.15) is 24.8 Å². The summed E-state index contributed by atoms with van der Waals surface area (Å²) < 4.78 is 29.9. The van der Waals surface area contributed by atoms with Gasteiger partial charge in [-0.15, -0.1) is 0 Å². The Hall–Kier alpha value is -4.53. The van der Waals surface area contributed by atoms with Crippen LogP contribution in [-0.2, 0) is 23.9 Å². The van der Waals surface area contributed by atoms with Crippen LogP contribution in [0.15, 0.2) is 78.9 Å². The molecular formula is C29H30FNO7. The van der Waals surface area contributed by atoms with E-state index in [2.05, 4.69) is 19.7 Å². The van der Waals surface area contributed by atoms with Gasteiger partial charge in [-0.25, -0.2) is 18.8 Å². The second-order valence-corrected chi connectivity index (χ2v) is 8.51. The molecule has 0 aromatic heterocycles. The van der Waals surface area contributed by atoms with Gasteiger partial charge in [0.25, 0.3) is 5.91 Å². The molecule has 0 saturated heterocycles. The van der Waals surface area contributed by atoms with E-state index in [-0.39, 0.29) is 54.3 Å². The average molecular weight is 524 g/mol. The Morgan fingerprint density at radius 2 is 1.26 bits per heavy atom. The summed E-state index contributed by atoms with van der Waals surface area (Å²) in [5, 5.41) is 0. The van der Waals surface area contributed by atoms with E-state index >= 15 is 0 Å². The highest BCUT2D eigenvalue weighted by Gasteiger charge is 2.18. The molecule has 0 N–H and O–H groups in total. The molecule has 0 bridgehead atoms. The Bertz CT molecular complexity index is 1230. The number of hydrogen-bond acceptors (Lipinski definition) is 7. The van der Waals surface area contributed by atoms with Crippen LogP contribution < -0.4 is 4.74 Å². The lowest BCUT2D eigenvalue weighted by Gasteiger charge is -2.23. The molecule has 0 heterocycles. The van der Waals surface area contributed by atoms with Crippen LogP contribution >= 0.6 is 0 Å². The molecule has 2 rings (SSSR count). The highest BCUT2D eigenvalue weighted by Crippen LogP contribution is 2.27. The van der Waals surface area contributed by atoms with Gasteiger partial charge >= 0.3 is 17.9 Å². The number of hydrogen-bond donors (Lipinski definition) is 0. The van der Waals surface area contributed by atoms with Crippen LogP contribution in [0, 0.1) is 5.82 Å². The van der Waals surface area contributed by atoms with Crippen molar-refractivity contribution in [1.82, 2.24) is 4.90 Å². The first-order valence-electron chi connectivity index (χ1n) is 11.6. The molecule has 2 aromatic carbocycles. The minimum absolute atomic E-state index is 0.0430. The topological polar surface area (TPSA) is 99.2 Å². The number of esters is 3. The smallest absolute Gasteiger partial charge is 0.338 e. The van der Waals surface area contributed by atoms with E-state index in [9.17, 15) is 23.6 Å². The molecule has 200 valence electrons. The van der Waals surface area contributed by atoms with Crippen molar-refractivity contribution >= 4 is 23.8 Å². The molecule has 0 atom stereocenters. The predicted octanol–water partition coefficient (Wildman–Crippen LogP) is 4.66. The molecule has 0 aliphatic rings. The first-order chi connectivity index (χ1) is 17.9. The first-order valence-corrected chi connectivity index (χ1v) is 11.6. The lowest BCUT2D eigenvalue weighted by molar-refractivity contribution is -0.139. The second-order valence-electron chi connectivity index (χ2n) is 8.51. The number of benzene rings is 2. The van der Waals surface area contributed by atoms with Gasteiger partial charge < -0.3 is 19.1 Å². The number of rotatable bonds is 12. The fourth-order valence-corrected chi connectivity index (χ4v) is 3.02. The van der Waals surface area contributed by atoms with E-state index in [1.165, 1.54) is 49.9 Å². The van der Waals surface area contributed by atoms with E-state index in [1.54, 1.807) is 12.1 Å². The van der Waals surface area contributed by atoms with Crippen LogP contribution in [0.3, 0.4) is 0 Å².